The molecule has 0 saturated carbocycles. The van der Waals surface area contributed by atoms with Crippen LogP contribution >= 0.6 is 35.3 Å². The Morgan fingerprint density at radius 2 is 1.97 bits per heavy atom. The molecular weight excluding hydrogens is 511 g/mol. The van der Waals surface area contributed by atoms with Crippen LogP contribution in [0.2, 0.25) is 0 Å². The Bertz CT molecular complexity index is 777. The molecule has 8 heteroatoms. The van der Waals surface area contributed by atoms with Crippen molar-refractivity contribution in [2.24, 2.45) is 16.6 Å². The summed E-state index contributed by atoms with van der Waals surface area (Å²) in [5.41, 5.74) is 7.23. The molecule has 1 fully saturated rings. The number of guanidine groups is 1. The first-order chi connectivity index (χ1) is 14.2. The Balaban J connectivity index is 0.00000320. The van der Waals surface area contributed by atoms with Gasteiger partial charge >= 0.3 is 0 Å². The largest absolute Gasteiger partial charge is 0.493 e. The van der Waals surface area contributed by atoms with E-state index >= 15 is 0 Å². The number of nitrogens with one attached hydrogen (secondary N) is 1. The predicted molar refractivity (Wildman–Crippen MR) is 135 cm³/mol. The van der Waals surface area contributed by atoms with Crippen LogP contribution in [0.1, 0.15) is 23.3 Å². The predicted octanol–water partition coefficient (Wildman–Crippen LogP) is 3.74. The van der Waals surface area contributed by atoms with E-state index < -0.39 is 0 Å². The first kappa shape index (κ1) is 24.7. The lowest BCUT2D eigenvalue weighted by molar-refractivity contribution is 0.182. The van der Waals surface area contributed by atoms with Gasteiger partial charge in [0.05, 0.1) is 14.2 Å². The zero-order chi connectivity index (χ0) is 20.5. The summed E-state index contributed by atoms with van der Waals surface area (Å²) in [5, 5.41) is 5.37. The van der Waals surface area contributed by atoms with E-state index in [1.807, 2.05) is 29.5 Å². The second kappa shape index (κ2) is 13.0. The van der Waals surface area contributed by atoms with Crippen LogP contribution in [0.15, 0.2) is 40.7 Å². The molecule has 3 N–H and O–H groups in total. The minimum Gasteiger partial charge on any atom is -0.493 e. The number of nitrogens with zero attached hydrogens (tertiary/aromatic N) is 2. The lowest BCUT2D eigenvalue weighted by atomic mass is 9.97. The molecule has 0 radical (unpaired) electrons. The van der Waals surface area contributed by atoms with Crippen molar-refractivity contribution in [2.45, 2.75) is 25.8 Å². The topological polar surface area (TPSA) is 72.1 Å². The normalized spacial score (nSPS) is 15.5. The number of hydrogen-bond acceptors (Lipinski definition) is 5. The van der Waals surface area contributed by atoms with Crippen molar-refractivity contribution in [3.8, 4) is 11.5 Å². The van der Waals surface area contributed by atoms with Gasteiger partial charge in [-0.25, -0.2) is 0 Å². The fraction of sp³-hybridized carbons (Fsp3) is 0.500. The highest BCUT2D eigenvalue weighted by Crippen LogP contribution is 2.27. The lowest BCUT2D eigenvalue weighted by Crippen LogP contribution is -2.36. The third-order valence-electron chi connectivity index (χ3n) is 5.35. The van der Waals surface area contributed by atoms with Crippen molar-refractivity contribution in [1.29, 1.82) is 0 Å². The zero-order valence-electron chi connectivity index (χ0n) is 17.8. The zero-order valence-corrected chi connectivity index (χ0v) is 20.9. The van der Waals surface area contributed by atoms with Crippen molar-refractivity contribution >= 4 is 41.3 Å². The summed E-state index contributed by atoms with van der Waals surface area (Å²) in [6, 6.07) is 10.3. The summed E-state index contributed by atoms with van der Waals surface area (Å²) in [7, 11) is 3.29. The minimum atomic E-state index is 0. The Labute approximate surface area is 200 Å². The summed E-state index contributed by atoms with van der Waals surface area (Å²) < 4.78 is 10.6. The van der Waals surface area contributed by atoms with Crippen LogP contribution in [0.3, 0.4) is 0 Å². The summed E-state index contributed by atoms with van der Waals surface area (Å²) in [6.07, 6.45) is 3.22. The first-order valence-corrected chi connectivity index (χ1v) is 11.1. The first-order valence-electron chi connectivity index (χ1n) is 10.2. The van der Waals surface area contributed by atoms with Gasteiger partial charge in [0.25, 0.3) is 0 Å². The van der Waals surface area contributed by atoms with Crippen molar-refractivity contribution in [3.63, 3.8) is 0 Å². The van der Waals surface area contributed by atoms with Crippen LogP contribution in [-0.2, 0) is 13.0 Å². The van der Waals surface area contributed by atoms with Crippen molar-refractivity contribution in [3.05, 3.63) is 46.2 Å². The van der Waals surface area contributed by atoms with Gasteiger partial charge in [-0.1, -0.05) is 12.1 Å². The fourth-order valence-corrected chi connectivity index (χ4v) is 4.35. The highest BCUT2D eigenvalue weighted by Gasteiger charge is 2.19. The van der Waals surface area contributed by atoms with Gasteiger partial charge in [-0.2, -0.15) is 0 Å². The Morgan fingerprint density at radius 1 is 1.20 bits per heavy atom. The van der Waals surface area contributed by atoms with E-state index in [0.717, 1.165) is 50.6 Å². The average Bonchev–Trinajstić information content (AvgIpc) is 3.26. The van der Waals surface area contributed by atoms with Crippen molar-refractivity contribution in [1.82, 2.24) is 10.2 Å². The molecule has 166 valence electrons. The van der Waals surface area contributed by atoms with Gasteiger partial charge in [0, 0.05) is 24.5 Å². The van der Waals surface area contributed by atoms with Crippen LogP contribution in [-0.4, -0.2) is 51.3 Å². The molecule has 0 spiro atoms. The van der Waals surface area contributed by atoms with Crippen LogP contribution < -0.4 is 20.5 Å². The number of methoxy groups -OCH3 is 2. The van der Waals surface area contributed by atoms with E-state index in [4.69, 9.17) is 15.2 Å². The molecule has 0 unspecified atom stereocenters. The van der Waals surface area contributed by atoms with Gasteiger partial charge in [-0.15, -0.1) is 35.3 Å². The molecule has 0 atom stereocenters. The molecule has 1 aromatic heterocycles. The molecule has 1 aliphatic rings. The van der Waals surface area contributed by atoms with Crippen LogP contribution in [0.25, 0.3) is 0 Å². The Kier molecular flexibility index (Phi) is 10.7. The third-order valence-corrected chi connectivity index (χ3v) is 6.22. The highest BCUT2D eigenvalue weighted by molar-refractivity contribution is 14.0. The second-order valence-corrected chi connectivity index (χ2v) is 8.42. The highest BCUT2D eigenvalue weighted by atomic mass is 127. The van der Waals surface area contributed by atoms with Crippen LogP contribution in [0, 0.1) is 5.92 Å². The second-order valence-electron chi connectivity index (χ2n) is 7.39. The molecule has 0 bridgehead atoms. The van der Waals surface area contributed by atoms with Crippen LogP contribution in [0.5, 0.6) is 11.5 Å². The number of ether oxygens (including phenoxy) is 2. The molecule has 1 saturated heterocycles. The van der Waals surface area contributed by atoms with Gasteiger partial charge in [0.1, 0.15) is 0 Å². The quantitative estimate of drug-likeness (QED) is 0.286. The van der Waals surface area contributed by atoms with Gasteiger partial charge in [-0.05, 0) is 67.4 Å². The van der Waals surface area contributed by atoms with Gasteiger partial charge in [0.2, 0.25) is 0 Å². The number of aliphatic imine (C=N–C) groups is 1. The number of piperidine rings is 1. The number of rotatable bonds is 9. The lowest BCUT2D eigenvalue weighted by Gasteiger charge is -2.30. The molecular formula is C22H33IN4O2S. The maximum atomic E-state index is 6.06. The molecule has 30 heavy (non-hydrogen) atoms. The standard InChI is InChI=1S/C22H32N4O2S.HI/c1-27-20-6-5-17(14-21(20)28-2)7-10-24-22(23)25-15-18-8-11-26(12-9-18)16-19-4-3-13-29-19;/h3-6,13-14,18H,7-12,15-16H2,1-2H3,(H3,23,24,25);1H. The molecule has 3 rings (SSSR count). The van der Waals surface area contributed by atoms with E-state index in [1.54, 1.807) is 14.2 Å². The summed E-state index contributed by atoms with van der Waals surface area (Å²) in [4.78, 5) is 8.55. The van der Waals surface area contributed by atoms with E-state index in [9.17, 15) is 0 Å². The number of halogens is 1. The van der Waals surface area contributed by atoms with E-state index in [-0.39, 0.29) is 24.0 Å². The van der Waals surface area contributed by atoms with Gasteiger partial charge < -0.3 is 20.5 Å². The molecule has 0 amide bonds. The molecule has 2 heterocycles. The number of thiophene rings is 1. The average molecular weight is 545 g/mol. The van der Waals surface area contributed by atoms with E-state index in [2.05, 4.69) is 32.7 Å². The number of likely N-dealkylation sites (tertiary alicyclic amines) is 1. The summed E-state index contributed by atoms with van der Waals surface area (Å²) >= 11 is 1.84. The fourth-order valence-electron chi connectivity index (χ4n) is 3.60. The Hall–Kier alpha value is -1.52. The molecule has 0 aliphatic carbocycles. The van der Waals surface area contributed by atoms with Gasteiger partial charge in [0.15, 0.2) is 17.5 Å². The van der Waals surface area contributed by atoms with Crippen molar-refractivity contribution < 1.29 is 9.47 Å². The smallest absolute Gasteiger partial charge is 0.188 e. The van der Waals surface area contributed by atoms with E-state index in [0.29, 0.717) is 11.9 Å². The third kappa shape index (κ3) is 7.63. The summed E-state index contributed by atoms with van der Waals surface area (Å²) in [5.74, 6) is 2.65. The Morgan fingerprint density at radius 3 is 2.63 bits per heavy atom. The maximum Gasteiger partial charge on any atom is 0.188 e. The minimum absolute atomic E-state index is 0. The molecule has 6 nitrogen and oxygen atoms in total. The maximum absolute atomic E-state index is 6.06. The molecule has 2 aromatic rings. The number of nitrogens with two attached hydrogens (primary N) is 1. The summed E-state index contributed by atoms with van der Waals surface area (Å²) in [6.45, 7) is 4.91. The monoisotopic (exact) mass is 544 g/mol. The van der Waals surface area contributed by atoms with Crippen LogP contribution in [0.4, 0.5) is 0 Å². The SMILES string of the molecule is COc1ccc(CCNC(N)=NCC2CCN(Cc3cccs3)CC2)cc1OC.I. The van der Waals surface area contributed by atoms with Crippen molar-refractivity contribution in [2.75, 3.05) is 40.4 Å². The van der Waals surface area contributed by atoms with E-state index in [1.165, 1.54) is 23.3 Å². The number of benzene rings is 1. The number of hydrogen-bond donors (Lipinski definition) is 2. The molecule has 1 aliphatic heterocycles. The van der Waals surface area contributed by atoms with Gasteiger partial charge in [-0.3, -0.25) is 9.89 Å². The molecule has 1 aromatic carbocycles.